The molecular weight excluding hydrogens is 536 g/mol. The van der Waals surface area contributed by atoms with Crippen molar-refractivity contribution >= 4 is 51.2 Å². The molecule has 5 nitrogen and oxygen atoms in total. The third-order valence-electron chi connectivity index (χ3n) is 3.54. The van der Waals surface area contributed by atoms with Crippen molar-refractivity contribution in [3.63, 3.8) is 0 Å². The lowest BCUT2D eigenvalue weighted by molar-refractivity contribution is -0.138. The van der Waals surface area contributed by atoms with Gasteiger partial charge in [0.1, 0.15) is 17.5 Å². The van der Waals surface area contributed by atoms with Gasteiger partial charge in [-0.1, -0.05) is 0 Å². The summed E-state index contributed by atoms with van der Waals surface area (Å²) >= 11 is 4.32. The summed E-state index contributed by atoms with van der Waals surface area (Å²) in [7, 11) is 0. The van der Waals surface area contributed by atoms with Gasteiger partial charge in [-0.25, -0.2) is 0 Å². The summed E-state index contributed by atoms with van der Waals surface area (Å²) in [5, 5.41) is 18.7. The molecule has 0 amide bonds. The molecule has 128 valence electrons. The van der Waals surface area contributed by atoms with Gasteiger partial charge < -0.3 is 20.7 Å². The van der Waals surface area contributed by atoms with Crippen LogP contribution in [0.3, 0.4) is 0 Å². The number of benzene rings is 2. The lowest BCUT2D eigenvalue weighted by Crippen LogP contribution is -2.32. The van der Waals surface area contributed by atoms with Crippen molar-refractivity contribution in [2.75, 3.05) is 0 Å². The first kappa shape index (κ1) is 19.3. The maximum absolute atomic E-state index is 10.9. The summed E-state index contributed by atoms with van der Waals surface area (Å²) < 4.78 is 7.79. The third-order valence-corrected chi connectivity index (χ3v) is 5.14. The predicted molar refractivity (Wildman–Crippen MR) is 109 cm³/mol. The molecule has 0 aromatic heterocycles. The van der Waals surface area contributed by atoms with Gasteiger partial charge in [-0.3, -0.25) is 4.79 Å². The number of hydrogen-bond donors (Lipinski definition) is 3. The van der Waals surface area contributed by atoms with Crippen LogP contribution in [0.15, 0.2) is 24.3 Å². The Bertz CT molecular complexity index is 769. The molecule has 0 saturated carbocycles. The quantitative estimate of drug-likeness (QED) is 0.488. The summed E-state index contributed by atoms with van der Waals surface area (Å²) in [6.45, 7) is 3.68. The van der Waals surface area contributed by atoms with E-state index in [0.29, 0.717) is 11.5 Å². The molecule has 2 rings (SSSR count). The van der Waals surface area contributed by atoms with Gasteiger partial charge >= 0.3 is 5.97 Å². The van der Waals surface area contributed by atoms with Crippen molar-refractivity contribution in [1.82, 2.24) is 0 Å². The van der Waals surface area contributed by atoms with Crippen LogP contribution in [0, 0.1) is 21.0 Å². The second-order valence-corrected chi connectivity index (χ2v) is 7.87. The van der Waals surface area contributed by atoms with Gasteiger partial charge in [-0.15, -0.1) is 0 Å². The van der Waals surface area contributed by atoms with Crippen molar-refractivity contribution in [3.05, 3.63) is 48.1 Å². The highest BCUT2D eigenvalue weighted by atomic mass is 127. The molecule has 0 aliphatic heterocycles. The van der Waals surface area contributed by atoms with Crippen LogP contribution >= 0.6 is 45.2 Å². The largest absolute Gasteiger partial charge is 0.508 e. The fourth-order valence-electron chi connectivity index (χ4n) is 2.16. The Labute approximate surface area is 167 Å². The molecule has 0 bridgehead atoms. The average molecular weight is 553 g/mol. The number of nitrogens with two attached hydrogens (primary N) is 1. The zero-order valence-electron chi connectivity index (χ0n) is 13.1. The number of halogens is 2. The number of carboxylic acid groups (broad SMARTS) is 1. The number of carboxylic acids is 1. The van der Waals surface area contributed by atoms with Crippen LogP contribution in [0.5, 0.6) is 17.2 Å². The molecule has 0 heterocycles. The van der Waals surface area contributed by atoms with Crippen LogP contribution in [0.2, 0.25) is 0 Å². The zero-order chi connectivity index (χ0) is 18.0. The van der Waals surface area contributed by atoms with Gasteiger partial charge in [0.15, 0.2) is 5.75 Å². The molecule has 0 unspecified atom stereocenters. The third kappa shape index (κ3) is 4.51. The van der Waals surface area contributed by atoms with Crippen LogP contribution in [-0.2, 0) is 11.2 Å². The maximum atomic E-state index is 10.9. The lowest BCUT2D eigenvalue weighted by Gasteiger charge is -2.15. The van der Waals surface area contributed by atoms with Crippen molar-refractivity contribution in [3.8, 4) is 17.2 Å². The van der Waals surface area contributed by atoms with E-state index in [-0.39, 0.29) is 12.2 Å². The van der Waals surface area contributed by atoms with Crippen molar-refractivity contribution in [1.29, 1.82) is 0 Å². The molecule has 24 heavy (non-hydrogen) atoms. The Balaban J connectivity index is 2.32. The topological polar surface area (TPSA) is 92.8 Å². The Hall–Kier alpha value is -1.07. The Kier molecular flexibility index (Phi) is 6.32. The normalized spacial score (nSPS) is 12.0. The minimum Gasteiger partial charge on any atom is -0.508 e. The van der Waals surface area contributed by atoms with E-state index in [1.54, 1.807) is 12.1 Å². The second kappa shape index (κ2) is 7.87. The molecular formula is C17H17I2NO4. The first-order valence-electron chi connectivity index (χ1n) is 7.13. The zero-order valence-corrected chi connectivity index (χ0v) is 17.5. The molecule has 0 saturated heterocycles. The van der Waals surface area contributed by atoms with E-state index >= 15 is 0 Å². The van der Waals surface area contributed by atoms with Crippen LogP contribution in [0.1, 0.15) is 16.7 Å². The first-order chi connectivity index (χ1) is 11.2. The van der Waals surface area contributed by atoms with E-state index < -0.39 is 12.0 Å². The highest BCUT2D eigenvalue weighted by Crippen LogP contribution is 2.36. The van der Waals surface area contributed by atoms with E-state index in [0.717, 1.165) is 23.8 Å². The summed E-state index contributed by atoms with van der Waals surface area (Å²) in [6.07, 6.45) is 0.263. The Morgan fingerprint density at radius 2 is 1.75 bits per heavy atom. The Morgan fingerprint density at radius 1 is 1.17 bits per heavy atom. The molecule has 7 heteroatoms. The first-order valence-corrected chi connectivity index (χ1v) is 9.29. The van der Waals surface area contributed by atoms with Crippen molar-refractivity contribution < 1.29 is 19.7 Å². The van der Waals surface area contributed by atoms with Crippen molar-refractivity contribution in [2.45, 2.75) is 26.3 Å². The van der Waals surface area contributed by atoms with Gasteiger partial charge in [0.2, 0.25) is 0 Å². The summed E-state index contributed by atoms with van der Waals surface area (Å²) in [5.41, 5.74) is 8.03. The highest BCUT2D eigenvalue weighted by molar-refractivity contribution is 14.1. The number of phenols is 1. The fraction of sp³-hybridized carbons (Fsp3) is 0.235. The van der Waals surface area contributed by atoms with Gasteiger partial charge in [0.25, 0.3) is 0 Å². The predicted octanol–water partition coefficient (Wildman–Crippen LogP) is 3.96. The van der Waals surface area contributed by atoms with Gasteiger partial charge in [0, 0.05) is 0 Å². The molecule has 0 fully saturated rings. The maximum Gasteiger partial charge on any atom is 0.320 e. The molecule has 0 spiro atoms. The highest BCUT2D eigenvalue weighted by Gasteiger charge is 2.16. The monoisotopic (exact) mass is 553 g/mol. The van der Waals surface area contributed by atoms with E-state index in [2.05, 4.69) is 45.2 Å². The number of hydrogen-bond acceptors (Lipinski definition) is 4. The SMILES string of the molecule is Cc1cc(Oc2c(I)cc(C[C@H](N)C(=O)O)cc2I)c(C)cc1O. The number of aryl methyl sites for hydroxylation is 2. The van der Waals surface area contributed by atoms with Crippen LogP contribution in [0.25, 0.3) is 0 Å². The summed E-state index contributed by atoms with van der Waals surface area (Å²) in [4.78, 5) is 10.9. The molecule has 2 aromatic rings. The van der Waals surface area contributed by atoms with Gasteiger partial charge in [-0.05, 0) is 106 Å². The smallest absolute Gasteiger partial charge is 0.320 e. The number of rotatable bonds is 5. The minimum absolute atomic E-state index is 0.238. The Morgan fingerprint density at radius 3 is 2.29 bits per heavy atom. The molecule has 0 radical (unpaired) electrons. The van der Waals surface area contributed by atoms with Crippen LogP contribution in [-0.4, -0.2) is 22.2 Å². The van der Waals surface area contributed by atoms with E-state index in [1.165, 1.54) is 0 Å². The van der Waals surface area contributed by atoms with E-state index in [1.807, 2.05) is 26.0 Å². The fourth-order valence-corrected chi connectivity index (χ4v) is 4.28. The number of aromatic hydroxyl groups is 1. The number of ether oxygens (including phenoxy) is 1. The molecule has 0 aliphatic rings. The average Bonchev–Trinajstić information content (AvgIpc) is 2.47. The molecule has 4 N–H and O–H groups in total. The van der Waals surface area contributed by atoms with Crippen LogP contribution < -0.4 is 10.5 Å². The van der Waals surface area contributed by atoms with E-state index in [4.69, 9.17) is 15.6 Å². The number of aliphatic carboxylic acids is 1. The lowest BCUT2D eigenvalue weighted by atomic mass is 10.1. The molecule has 0 aliphatic carbocycles. The summed E-state index contributed by atoms with van der Waals surface area (Å²) in [5.74, 6) is 0.603. The molecule has 1 atom stereocenters. The second-order valence-electron chi connectivity index (χ2n) is 5.54. The van der Waals surface area contributed by atoms with Gasteiger partial charge in [0.05, 0.1) is 7.14 Å². The van der Waals surface area contributed by atoms with Crippen molar-refractivity contribution in [2.24, 2.45) is 5.73 Å². The minimum atomic E-state index is -1.02. The number of carbonyl (C=O) groups is 1. The standard InChI is InChI=1S/C17H17I2NO4/c1-8-4-15(9(2)3-14(8)21)24-16-11(18)5-10(6-12(16)19)7-13(20)17(22)23/h3-6,13,21H,7,20H2,1-2H3,(H,22,23)/t13-/m0/s1. The van der Waals surface area contributed by atoms with E-state index in [9.17, 15) is 9.90 Å². The molecule has 2 aromatic carbocycles. The van der Waals surface area contributed by atoms with Crippen LogP contribution in [0.4, 0.5) is 0 Å². The van der Waals surface area contributed by atoms with Gasteiger partial charge in [-0.2, -0.15) is 0 Å². The summed E-state index contributed by atoms with van der Waals surface area (Å²) in [6, 6.07) is 6.30. The number of phenolic OH excluding ortho intramolecular Hbond substituents is 1.